The van der Waals surface area contributed by atoms with Crippen molar-refractivity contribution in [2.75, 3.05) is 7.11 Å². The molecule has 1 atom stereocenters. The molecule has 0 heterocycles. The zero-order valence-corrected chi connectivity index (χ0v) is 12.0. The number of carbonyl (C=O) groups is 1. The number of carboxylic acids is 1. The summed E-state index contributed by atoms with van der Waals surface area (Å²) >= 11 is 5.85. The van der Waals surface area contributed by atoms with Crippen LogP contribution in [0.15, 0.2) is 23.1 Å². The Morgan fingerprint density at radius 2 is 2.16 bits per heavy atom. The third-order valence-electron chi connectivity index (χ3n) is 2.27. The van der Waals surface area contributed by atoms with E-state index in [0.717, 1.165) is 0 Å². The zero-order chi connectivity index (χ0) is 14.6. The Kier molecular flexibility index (Phi) is 5.16. The fraction of sp³-hybridized carbons (Fsp3) is 0.364. The number of carboxylic acid groups (broad SMARTS) is 1. The number of hydrogen-bond acceptors (Lipinski definition) is 4. The predicted octanol–water partition coefficient (Wildman–Crippen LogP) is 1.49. The summed E-state index contributed by atoms with van der Waals surface area (Å²) in [4.78, 5) is 10.5. The van der Waals surface area contributed by atoms with E-state index in [9.17, 15) is 13.2 Å². The van der Waals surface area contributed by atoms with Gasteiger partial charge in [-0.1, -0.05) is 11.6 Å². The minimum absolute atomic E-state index is 0.0458. The molecule has 106 valence electrons. The monoisotopic (exact) mass is 307 g/mol. The minimum atomic E-state index is -3.81. The van der Waals surface area contributed by atoms with E-state index in [4.69, 9.17) is 21.4 Å². The average Bonchev–Trinajstić information content (AvgIpc) is 2.26. The van der Waals surface area contributed by atoms with Crippen molar-refractivity contribution in [3.05, 3.63) is 23.2 Å². The van der Waals surface area contributed by atoms with Crippen LogP contribution in [-0.4, -0.2) is 32.6 Å². The highest BCUT2D eigenvalue weighted by molar-refractivity contribution is 7.89. The molecule has 0 aliphatic rings. The van der Waals surface area contributed by atoms with Crippen molar-refractivity contribution in [3.8, 4) is 5.75 Å². The van der Waals surface area contributed by atoms with Gasteiger partial charge >= 0.3 is 5.97 Å². The summed E-state index contributed by atoms with van der Waals surface area (Å²) in [7, 11) is -2.39. The van der Waals surface area contributed by atoms with E-state index in [1.54, 1.807) is 0 Å². The van der Waals surface area contributed by atoms with Crippen molar-refractivity contribution in [1.29, 1.82) is 0 Å². The predicted molar refractivity (Wildman–Crippen MR) is 70.0 cm³/mol. The Morgan fingerprint density at radius 3 is 2.63 bits per heavy atom. The summed E-state index contributed by atoms with van der Waals surface area (Å²) in [6.07, 6.45) is -0.302. The van der Waals surface area contributed by atoms with Crippen LogP contribution >= 0.6 is 11.6 Å². The van der Waals surface area contributed by atoms with E-state index in [2.05, 4.69) is 4.72 Å². The van der Waals surface area contributed by atoms with Crippen LogP contribution < -0.4 is 9.46 Å². The molecule has 1 rings (SSSR count). The largest absolute Gasteiger partial charge is 0.495 e. The topological polar surface area (TPSA) is 92.7 Å². The van der Waals surface area contributed by atoms with E-state index in [-0.39, 0.29) is 16.3 Å². The smallest absolute Gasteiger partial charge is 0.304 e. The molecule has 0 aromatic heterocycles. The van der Waals surface area contributed by atoms with Crippen molar-refractivity contribution < 1.29 is 23.1 Å². The number of sulfonamides is 1. The standard InChI is InChI=1S/C11H14ClNO5S/c1-7(5-11(14)15)13-19(16,17)8-3-4-10(18-2)9(12)6-8/h3-4,6-7,13H,5H2,1-2H3,(H,14,15). The molecule has 2 N–H and O–H groups in total. The summed E-state index contributed by atoms with van der Waals surface area (Å²) in [5, 5.41) is 8.75. The normalized spacial score (nSPS) is 13.0. The van der Waals surface area contributed by atoms with Crippen molar-refractivity contribution in [1.82, 2.24) is 4.72 Å². The third-order valence-corrected chi connectivity index (χ3v) is 4.15. The van der Waals surface area contributed by atoms with E-state index < -0.39 is 22.0 Å². The molecule has 0 aliphatic heterocycles. The van der Waals surface area contributed by atoms with Crippen molar-refractivity contribution in [3.63, 3.8) is 0 Å². The molecule has 8 heteroatoms. The van der Waals surface area contributed by atoms with Crippen LogP contribution in [-0.2, 0) is 14.8 Å². The molecule has 0 saturated heterocycles. The molecule has 0 aliphatic carbocycles. The lowest BCUT2D eigenvalue weighted by molar-refractivity contribution is -0.137. The Morgan fingerprint density at radius 1 is 1.53 bits per heavy atom. The van der Waals surface area contributed by atoms with Gasteiger partial charge in [0.05, 0.1) is 23.4 Å². The van der Waals surface area contributed by atoms with Gasteiger partial charge in [0.15, 0.2) is 0 Å². The number of hydrogen-bond donors (Lipinski definition) is 2. The van der Waals surface area contributed by atoms with Crippen molar-refractivity contribution >= 4 is 27.6 Å². The number of ether oxygens (including phenoxy) is 1. The van der Waals surface area contributed by atoms with Gasteiger partial charge in [-0.15, -0.1) is 0 Å². The highest BCUT2D eigenvalue weighted by atomic mass is 35.5. The SMILES string of the molecule is COc1ccc(S(=O)(=O)NC(C)CC(=O)O)cc1Cl. The first-order valence-corrected chi connectivity index (χ1v) is 7.20. The Bertz CT molecular complexity index is 572. The fourth-order valence-electron chi connectivity index (χ4n) is 1.45. The first-order valence-electron chi connectivity index (χ1n) is 5.34. The van der Waals surface area contributed by atoms with E-state index in [0.29, 0.717) is 5.75 Å². The third kappa shape index (κ3) is 4.38. The van der Waals surface area contributed by atoms with Crippen LogP contribution in [0.1, 0.15) is 13.3 Å². The maximum absolute atomic E-state index is 12.0. The molecule has 19 heavy (non-hydrogen) atoms. The molecule has 0 bridgehead atoms. The minimum Gasteiger partial charge on any atom is -0.495 e. The molecule has 0 fully saturated rings. The molecule has 1 aromatic carbocycles. The number of methoxy groups -OCH3 is 1. The lowest BCUT2D eigenvalue weighted by Crippen LogP contribution is -2.34. The second-order valence-corrected chi connectivity index (χ2v) is 6.04. The molecule has 6 nitrogen and oxygen atoms in total. The summed E-state index contributed by atoms with van der Waals surface area (Å²) in [6, 6.07) is 3.29. The van der Waals surface area contributed by atoms with Crippen LogP contribution in [0, 0.1) is 0 Å². The van der Waals surface area contributed by atoms with Crippen molar-refractivity contribution in [2.45, 2.75) is 24.3 Å². The number of aliphatic carboxylic acids is 1. The fourth-order valence-corrected chi connectivity index (χ4v) is 3.04. The average molecular weight is 308 g/mol. The number of halogens is 1. The summed E-state index contributed by atoms with van der Waals surface area (Å²) < 4.78 is 31.1. The first kappa shape index (κ1) is 15.7. The lowest BCUT2D eigenvalue weighted by Gasteiger charge is -2.13. The first-order chi connectivity index (χ1) is 8.76. The highest BCUT2D eigenvalue weighted by Gasteiger charge is 2.20. The van der Waals surface area contributed by atoms with Gasteiger partial charge in [0, 0.05) is 6.04 Å². The van der Waals surface area contributed by atoms with E-state index in [1.807, 2.05) is 0 Å². The van der Waals surface area contributed by atoms with Crippen LogP contribution in [0.25, 0.3) is 0 Å². The molecule has 0 amide bonds. The molecule has 0 spiro atoms. The van der Waals surface area contributed by atoms with Gasteiger partial charge in [-0.2, -0.15) is 0 Å². The van der Waals surface area contributed by atoms with Crippen LogP contribution in [0.2, 0.25) is 5.02 Å². The summed E-state index contributed by atoms with van der Waals surface area (Å²) in [5.41, 5.74) is 0. The molecular formula is C11H14ClNO5S. The van der Waals surface area contributed by atoms with Crippen molar-refractivity contribution in [2.24, 2.45) is 0 Å². The highest BCUT2D eigenvalue weighted by Crippen LogP contribution is 2.26. The van der Waals surface area contributed by atoms with Crippen LogP contribution in [0.4, 0.5) is 0 Å². The van der Waals surface area contributed by atoms with E-state index in [1.165, 1.54) is 32.2 Å². The summed E-state index contributed by atoms with van der Waals surface area (Å²) in [5.74, 6) is -0.720. The maximum Gasteiger partial charge on any atom is 0.304 e. The number of benzene rings is 1. The Labute approximate surface area is 116 Å². The van der Waals surface area contributed by atoms with Crippen LogP contribution in [0.5, 0.6) is 5.75 Å². The zero-order valence-electron chi connectivity index (χ0n) is 10.4. The Hall–Kier alpha value is -1.31. The second kappa shape index (κ2) is 6.23. The van der Waals surface area contributed by atoms with Gasteiger partial charge in [-0.05, 0) is 25.1 Å². The molecule has 1 aromatic rings. The lowest BCUT2D eigenvalue weighted by atomic mass is 10.3. The molecule has 0 saturated carbocycles. The summed E-state index contributed by atoms with van der Waals surface area (Å²) in [6.45, 7) is 1.47. The van der Waals surface area contributed by atoms with Crippen LogP contribution in [0.3, 0.4) is 0 Å². The molecule has 0 radical (unpaired) electrons. The van der Waals surface area contributed by atoms with E-state index >= 15 is 0 Å². The van der Waals surface area contributed by atoms with Gasteiger partial charge in [0.2, 0.25) is 10.0 Å². The second-order valence-electron chi connectivity index (χ2n) is 3.92. The van der Waals surface area contributed by atoms with Gasteiger partial charge in [-0.3, -0.25) is 4.79 Å². The van der Waals surface area contributed by atoms with Gasteiger partial charge in [0.25, 0.3) is 0 Å². The Balaban J connectivity index is 2.94. The quantitative estimate of drug-likeness (QED) is 0.830. The van der Waals surface area contributed by atoms with Gasteiger partial charge < -0.3 is 9.84 Å². The number of rotatable bonds is 6. The molecule has 1 unspecified atom stereocenters. The molecular weight excluding hydrogens is 294 g/mol. The number of nitrogens with one attached hydrogen (secondary N) is 1. The van der Waals surface area contributed by atoms with Gasteiger partial charge in [0.1, 0.15) is 5.75 Å². The van der Waals surface area contributed by atoms with Gasteiger partial charge in [-0.25, -0.2) is 13.1 Å². The maximum atomic E-state index is 12.0.